The van der Waals surface area contributed by atoms with Gasteiger partial charge in [0.15, 0.2) is 0 Å². The smallest absolute Gasteiger partial charge is 0.223 e. The van der Waals surface area contributed by atoms with Crippen LogP contribution in [0.1, 0.15) is 13.8 Å². The lowest BCUT2D eigenvalue weighted by Gasteiger charge is -2.35. The first-order valence-electron chi connectivity index (χ1n) is 9.60. The number of anilines is 2. The molecule has 0 bridgehead atoms. The molecule has 8 heteroatoms. The maximum absolute atomic E-state index is 13.3. The van der Waals surface area contributed by atoms with Crippen molar-refractivity contribution < 1.29 is 17.6 Å². The van der Waals surface area contributed by atoms with Gasteiger partial charge in [-0.2, -0.15) is 0 Å². The molecule has 0 saturated carbocycles. The molecule has 2 aromatic carbocycles. The number of likely N-dealkylation sites (N-methyl/N-ethyl adjacent to an activating group) is 1. The summed E-state index contributed by atoms with van der Waals surface area (Å²) < 4.78 is 39.8. The van der Waals surface area contributed by atoms with E-state index in [0.717, 1.165) is 44.0 Å². The standard InChI is InChI=1S/C21H26FN3O3S/c1-4-25(16(2)26)20-15-18(24-13-11-23(3)12-14-24)7-10-21(20)29(27,28)19-8-5-17(22)6-9-19/h5-10,15H,4,11-14H2,1-3H3. The molecule has 1 fully saturated rings. The fourth-order valence-corrected chi connectivity index (χ4v) is 4.95. The Labute approximate surface area is 171 Å². The molecule has 0 aliphatic carbocycles. The van der Waals surface area contributed by atoms with Gasteiger partial charge in [-0.05, 0) is 56.4 Å². The quantitative estimate of drug-likeness (QED) is 0.698. The van der Waals surface area contributed by atoms with Crippen molar-refractivity contribution in [3.63, 3.8) is 0 Å². The Morgan fingerprint density at radius 2 is 1.69 bits per heavy atom. The minimum absolute atomic E-state index is 0.00731. The summed E-state index contributed by atoms with van der Waals surface area (Å²) in [7, 11) is -1.85. The van der Waals surface area contributed by atoms with Crippen LogP contribution >= 0.6 is 0 Å². The lowest BCUT2D eigenvalue weighted by Crippen LogP contribution is -2.44. The van der Waals surface area contributed by atoms with E-state index >= 15 is 0 Å². The lowest BCUT2D eigenvalue weighted by atomic mass is 10.2. The van der Waals surface area contributed by atoms with Crippen LogP contribution in [0.2, 0.25) is 0 Å². The largest absolute Gasteiger partial charge is 0.369 e. The zero-order valence-electron chi connectivity index (χ0n) is 16.9. The normalized spacial score (nSPS) is 15.4. The summed E-state index contributed by atoms with van der Waals surface area (Å²) in [6.45, 7) is 7.04. The maximum Gasteiger partial charge on any atom is 0.223 e. The molecular weight excluding hydrogens is 393 g/mol. The molecule has 156 valence electrons. The number of sulfone groups is 1. The Morgan fingerprint density at radius 3 is 2.24 bits per heavy atom. The van der Waals surface area contributed by atoms with Crippen molar-refractivity contribution in [2.45, 2.75) is 23.6 Å². The predicted molar refractivity (Wildman–Crippen MR) is 112 cm³/mol. The van der Waals surface area contributed by atoms with Crippen molar-refractivity contribution in [1.29, 1.82) is 0 Å². The van der Waals surface area contributed by atoms with Crippen molar-refractivity contribution in [2.24, 2.45) is 0 Å². The van der Waals surface area contributed by atoms with Crippen LogP contribution in [0.4, 0.5) is 15.8 Å². The monoisotopic (exact) mass is 419 g/mol. The summed E-state index contributed by atoms with van der Waals surface area (Å²) in [5.74, 6) is -0.743. The van der Waals surface area contributed by atoms with E-state index in [1.807, 2.05) is 0 Å². The molecule has 0 atom stereocenters. The van der Waals surface area contributed by atoms with Crippen molar-refractivity contribution in [3.8, 4) is 0 Å². The molecule has 0 radical (unpaired) electrons. The van der Waals surface area contributed by atoms with Crippen LogP contribution in [-0.2, 0) is 14.6 Å². The number of halogens is 1. The van der Waals surface area contributed by atoms with Gasteiger partial charge >= 0.3 is 0 Å². The van der Waals surface area contributed by atoms with E-state index in [0.29, 0.717) is 12.2 Å². The van der Waals surface area contributed by atoms with Crippen LogP contribution in [0.3, 0.4) is 0 Å². The molecule has 0 unspecified atom stereocenters. The van der Waals surface area contributed by atoms with Gasteiger partial charge in [-0.1, -0.05) is 0 Å². The predicted octanol–water partition coefficient (Wildman–Crippen LogP) is 2.78. The summed E-state index contributed by atoms with van der Waals surface area (Å²) >= 11 is 0. The molecule has 1 aliphatic heterocycles. The second kappa shape index (κ2) is 8.51. The summed E-state index contributed by atoms with van der Waals surface area (Å²) in [4.78, 5) is 18.1. The minimum atomic E-state index is -3.92. The third-order valence-electron chi connectivity index (χ3n) is 5.21. The molecule has 1 amide bonds. The van der Waals surface area contributed by atoms with E-state index in [1.165, 1.54) is 24.0 Å². The molecule has 1 heterocycles. The molecular formula is C21H26FN3O3S. The molecule has 0 N–H and O–H groups in total. The Kier molecular flexibility index (Phi) is 6.24. The molecule has 2 aromatic rings. The van der Waals surface area contributed by atoms with E-state index < -0.39 is 15.7 Å². The van der Waals surface area contributed by atoms with Gasteiger partial charge in [0.2, 0.25) is 15.7 Å². The van der Waals surface area contributed by atoms with Crippen LogP contribution in [-0.4, -0.2) is 59.0 Å². The molecule has 1 aliphatic rings. The molecule has 6 nitrogen and oxygen atoms in total. The van der Waals surface area contributed by atoms with E-state index in [-0.39, 0.29) is 15.7 Å². The highest BCUT2D eigenvalue weighted by molar-refractivity contribution is 7.91. The van der Waals surface area contributed by atoms with E-state index in [9.17, 15) is 17.6 Å². The average molecular weight is 420 g/mol. The first-order chi connectivity index (χ1) is 13.7. The number of nitrogens with zero attached hydrogens (tertiary/aromatic N) is 3. The van der Waals surface area contributed by atoms with Crippen molar-refractivity contribution >= 4 is 27.1 Å². The fraction of sp³-hybridized carbons (Fsp3) is 0.381. The summed E-state index contributed by atoms with van der Waals surface area (Å²) in [5.41, 5.74) is 1.23. The topological polar surface area (TPSA) is 60.9 Å². The first kappa shape index (κ1) is 21.3. The van der Waals surface area contributed by atoms with Crippen LogP contribution in [0.5, 0.6) is 0 Å². The third-order valence-corrected chi connectivity index (χ3v) is 7.03. The number of hydrogen-bond donors (Lipinski definition) is 0. The van der Waals surface area contributed by atoms with Gasteiger partial charge in [0.25, 0.3) is 0 Å². The summed E-state index contributed by atoms with van der Waals surface area (Å²) in [5, 5.41) is 0. The summed E-state index contributed by atoms with van der Waals surface area (Å²) in [6, 6.07) is 9.82. The Bertz CT molecular complexity index is 985. The Balaban J connectivity index is 2.10. The molecule has 1 saturated heterocycles. The molecule has 3 rings (SSSR count). The fourth-order valence-electron chi connectivity index (χ4n) is 3.51. The SMILES string of the molecule is CCN(C(C)=O)c1cc(N2CCN(C)CC2)ccc1S(=O)(=O)c1ccc(F)cc1. The third kappa shape index (κ3) is 4.43. The van der Waals surface area contributed by atoms with Crippen LogP contribution < -0.4 is 9.80 Å². The highest BCUT2D eigenvalue weighted by atomic mass is 32.2. The zero-order valence-corrected chi connectivity index (χ0v) is 17.7. The second-order valence-electron chi connectivity index (χ2n) is 7.16. The molecule has 0 aromatic heterocycles. The van der Waals surface area contributed by atoms with E-state index in [1.54, 1.807) is 25.1 Å². The highest BCUT2D eigenvalue weighted by Crippen LogP contribution is 2.34. The van der Waals surface area contributed by atoms with Crippen LogP contribution in [0.25, 0.3) is 0 Å². The number of hydrogen-bond acceptors (Lipinski definition) is 5. The first-order valence-corrected chi connectivity index (χ1v) is 11.1. The Hall–Kier alpha value is -2.45. The number of carbonyl (C=O) groups excluding carboxylic acids is 1. The number of carbonyl (C=O) groups is 1. The molecule has 29 heavy (non-hydrogen) atoms. The zero-order chi connectivity index (χ0) is 21.2. The van der Waals surface area contributed by atoms with Gasteiger partial charge in [-0.25, -0.2) is 12.8 Å². The van der Waals surface area contributed by atoms with Gasteiger partial charge in [0.1, 0.15) is 5.82 Å². The number of benzene rings is 2. The van der Waals surface area contributed by atoms with Gasteiger partial charge in [-0.3, -0.25) is 4.79 Å². The van der Waals surface area contributed by atoms with Gasteiger partial charge < -0.3 is 14.7 Å². The van der Waals surface area contributed by atoms with Crippen LogP contribution in [0.15, 0.2) is 52.3 Å². The van der Waals surface area contributed by atoms with Gasteiger partial charge in [-0.15, -0.1) is 0 Å². The average Bonchev–Trinajstić information content (AvgIpc) is 2.69. The van der Waals surface area contributed by atoms with Gasteiger partial charge in [0, 0.05) is 45.3 Å². The summed E-state index contributed by atoms with van der Waals surface area (Å²) in [6.07, 6.45) is 0. The van der Waals surface area contributed by atoms with Crippen LogP contribution in [0, 0.1) is 5.82 Å². The lowest BCUT2D eigenvalue weighted by molar-refractivity contribution is -0.116. The van der Waals surface area contributed by atoms with E-state index in [4.69, 9.17) is 0 Å². The van der Waals surface area contributed by atoms with Crippen molar-refractivity contribution in [3.05, 3.63) is 48.3 Å². The van der Waals surface area contributed by atoms with Crippen molar-refractivity contribution in [2.75, 3.05) is 49.6 Å². The van der Waals surface area contributed by atoms with Gasteiger partial charge in [0.05, 0.1) is 15.5 Å². The van der Waals surface area contributed by atoms with Crippen molar-refractivity contribution in [1.82, 2.24) is 4.90 Å². The Morgan fingerprint density at radius 1 is 1.07 bits per heavy atom. The van der Waals surface area contributed by atoms with E-state index in [2.05, 4.69) is 16.8 Å². The number of piperazine rings is 1. The second-order valence-corrected chi connectivity index (χ2v) is 9.08. The minimum Gasteiger partial charge on any atom is -0.369 e. The maximum atomic E-state index is 13.3. The highest BCUT2D eigenvalue weighted by Gasteiger charge is 2.27. The number of amides is 1. The molecule has 0 spiro atoms. The number of rotatable bonds is 5.